The molecule has 0 aromatic rings. The monoisotopic (exact) mass is 227 g/mol. The molecule has 2 unspecified atom stereocenters. The Morgan fingerprint density at radius 2 is 2.12 bits per heavy atom. The van der Waals surface area contributed by atoms with Gasteiger partial charge in [0, 0.05) is 13.0 Å². The van der Waals surface area contributed by atoms with Crippen molar-refractivity contribution in [3.8, 4) is 0 Å². The van der Waals surface area contributed by atoms with E-state index in [0.29, 0.717) is 0 Å². The molecule has 0 radical (unpaired) electrons. The molecule has 0 spiro atoms. The van der Waals surface area contributed by atoms with Crippen LogP contribution in [0.15, 0.2) is 0 Å². The van der Waals surface area contributed by atoms with Crippen LogP contribution in [-0.2, 0) is 14.4 Å². The molecule has 1 aliphatic heterocycles. The number of hydrogen-bond acceptors (Lipinski definition) is 5. The van der Waals surface area contributed by atoms with Gasteiger partial charge >= 0.3 is 0 Å². The first kappa shape index (κ1) is 12.8. The summed E-state index contributed by atoms with van der Waals surface area (Å²) in [6, 6.07) is -0.971. The molecule has 1 rings (SSSR count). The van der Waals surface area contributed by atoms with Crippen LogP contribution in [0, 0.1) is 0 Å². The number of Topliss-reactive ketones (excluding diaryl/α,β-unsaturated/α-hetero) is 2. The molecule has 6 nitrogen and oxygen atoms in total. The Morgan fingerprint density at radius 1 is 1.44 bits per heavy atom. The van der Waals surface area contributed by atoms with Crippen LogP contribution >= 0.6 is 0 Å². The Morgan fingerprint density at radius 3 is 2.69 bits per heavy atom. The Hall–Kier alpha value is -1.27. The first-order chi connectivity index (χ1) is 7.54. The van der Waals surface area contributed by atoms with Gasteiger partial charge in [0.15, 0.2) is 5.78 Å². The summed E-state index contributed by atoms with van der Waals surface area (Å²) in [7, 11) is 1.66. The summed E-state index contributed by atoms with van der Waals surface area (Å²) in [5.74, 6) is -0.413. The molecule has 1 aliphatic rings. The Kier molecular flexibility index (Phi) is 4.57. The fourth-order valence-electron chi connectivity index (χ4n) is 1.56. The third-order valence-electron chi connectivity index (χ3n) is 2.64. The highest BCUT2D eigenvalue weighted by atomic mass is 16.2. The van der Waals surface area contributed by atoms with E-state index in [9.17, 15) is 14.4 Å². The molecule has 1 amide bonds. The van der Waals surface area contributed by atoms with E-state index in [0.717, 1.165) is 0 Å². The van der Waals surface area contributed by atoms with E-state index < -0.39 is 12.1 Å². The molecule has 0 bridgehead atoms. The topological polar surface area (TPSA) is 87.3 Å². The Bertz CT molecular complexity index is 304. The summed E-state index contributed by atoms with van der Waals surface area (Å²) >= 11 is 0. The second-order valence-corrected chi connectivity index (χ2v) is 3.86. The summed E-state index contributed by atoms with van der Waals surface area (Å²) in [4.78, 5) is 34.3. The molecule has 0 aromatic carbocycles. The lowest BCUT2D eigenvalue weighted by Crippen LogP contribution is -2.46. The van der Waals surface area contributed by atoms with Crippen molar-refractivity contribution in [2.75, 3.05) is 20.1 Å². The maximum atomic E-state index is 11.6. The highest BCUT2D eigenvalue weighted by Crippen LogP contribution is 1.97. The average Bonchev–Trinajstić information content (AvgIpc) is 2.29. The molecular formula is C10H17N3O3. The Balaban J connectivity index is 2.72. The van der Waals surface area contributed by atoms with Gasteiger partial charge in [-0.05, 0) is 14.0 Å². The maximum Gasteiger partial charge on any atom is 0.222 e. The normalized spacial score (nSPS) is 27.6. The van der Waals surface area contributed by atoms with Crippen LogP contribution in [-0.4, -0.2) is 49.7 Å². The molecule has 6 heteroatoms. The first-order valence-electron chi connectivity index (χ1n) is 5.25. The lowest BCUT2D eigenvalue weighted by atomic mass is 10.1. The van der Waals surface area contributed by atoms with Crippen LogP contribution in [0.1, 0.15) is 13.3 Å². The van der Waals surface area contributed by atoms with Crippen molar-refractivity contribution in [3.05, 3.63) is 0 Å². The Labute approximate surface area is 94.2 Å². The molecule has 0 aliphatic carbocycles. The van der Waals surface area contributed by atoms with Gasteiger partial charge in [0.2, 0.25) is 5.91 Å². The molecule has 0 saturated carbocycles. The number of hydrogen-bond donors (Lipinski definition) is 3. The van der Waals surface area contributed by atoms with E-state index in [1.54, 1.807) is 7.05 Å². The lowest BCUT2D eigenvalue weighted by molar-refractivity contribution is -0.126. The van der Waals surface area contributed by atoms with Crippen molar-refractivity contribution in [3.63, 3.8) is 0 Å². The molecule has 16 heavy (non-hydrogen) atoms. The van der Waals surface area contributed by atoms with Gasteiger partial charge in [-0.1, -0.05) is 0 Å². The summed E-state index contributed by atoms with van der Waals surface area (Å²) < 4.78 is 0. The molecule has 1 saturated heterocycles. The smallest absolute Gasteiger partial charge is 0.222 e. The van der Waals surface area contributed by atoms with Gasteiger partial charge < -0.3 is 16.0 Å². The van der Waals surface area contributed by atoms with Crippen molar-refractivity contribution in [1.82, 2.24) is 16.0 Å². The van der Waals surface area contributed by atoms with Gasteiger partial charge in [-0.25, -0.2) is 0 Å². The minimum atomic E-state index is -0.570. The molecule has 3 N–H and O–H groups in total. The standard InChI is InChI=1S/C10H17N3O3/c1-6(14)7-3-10(16)13-4-8(11-2)9(15)5-12-7/h7-8,11-12H,3-5H2,1-2H3,(H,13,16). The molecule has 2 atom stereocenters. The van der Waals surface area contributed by atoms with Gasteiger partial charge in [0.1, 0.15) is 5.78 Å². The number of likely N-dealkylation sites (N-methyl/N-ethyl adjacent to an activating group) is 1. The second-order valence-electron chi connectivity index (χ2n) is 3.86. The highest BCUT2D eigenvalue weighted by molar-refractivity contribution is 5.91. The number of carbonyl (C=O) groups excluding carboxylic acids is 3. The predicted molar refractivity (Wildman–Crippen MR) is 58.0 cm³/mol. The number of rotatable bonds is 2. The van der Waals surface area contributed by atoms with E-state index >= 15 is 0 Å². The molecule has 90 valence electrons. The van der Waals surface area contributed by atoms with Crippen molar-refractivity contribution >= 4 is 17.5 Å². The van der Waals surface area contributed by atoms with Crippen molar-refractivity contribution in [1.29, 1.82) is 0 Å². The quantitative estimate of drug-likeness (QED) is 0.518. The van der Waals surface area contributed by atoms with Crippen molar-refractivity contribution in [2.24, 2.45) is 0 Å². The fraction of sp³-hybridized carbons (Fsp3) is 0.700. The van der Waals surface area contributed by atoms with E-state index in [4.69, 9.17) is 0 Å². The van der Waals surface area contributed by atoms with Crippen LogP contribution in [0.5, 0.6) is 0 Å². The molecule has 0 aromatic heterocycles. The highest BCUT2D eigenvalue weighted by Gasteiger charge is 2.24. The van der Waals surface area contributed by atoms with Crippen LogP contribution < -0.4 is 16.0 Å². The van der Waals surface area contributed by atoms with Crippen LogP contribution in [0.3, 0.4) is 0 Å². The minimum absolute atomic E-state index is 0.0593. The first-order valence-corrected chi connectivity index (χ1v) is 5.25. The van der Waals surface area contributed by atoms with E-state index in [1.807, 2.05) is 0 Å². The minimum Gasteiger partial charge on any atom is -0.354 e. The number of carbonyl (C=O) groups is 3. The zero-order valence-electron chi connectivity index (χ0n) is 9.50. The largest absolute Gasteiger partial charge is 0.354 e. The maximum absolute atomic E-state index is 11.6. The van der Waals surface area contributed by atoms with Crippen LogP contribution in [0.2, 0.25) is 0 Å². The predicted octanol–water partition coefficient (Wildman–Crippen LogP) is -1.79. The summed E-state index contributed by atoms with van der Waals surface area (Å²) in [5.41, 5.74) is 0. The average molecular weight is 227 g/mol. The molecular weight excluding hydrogens is 210 g/mol. The lowest BCUT2D eigenvalue weighted by Gasteiger charge is -2.14. The third kappa shape index (κ3) is 3.39. The number of ketones is 2. The second kappa shape index (κ2) is 5.72. The van der Waals surface area contributed by atoms with Crippen LogP contribution in [0.4, 0.5) is 0 Å². The molecule has 1 heterocycles. The fourth-order valence-corrected chi connectivity index (χ4v) is 1.56. The third-order valence-corrected chi connectivity index (χ3v) is 2.64. The molecule has 1 fully saturated rings. The van der Waals surface area contributed by atoms with Crippen molar-refractivity contribution in [2.45, 2.75) is 25.4 Å². The van der Waals surface area contributed by atoms with Gasteiger partial charge in [0.05, 0.1) is 18.6 Å². The van der Waals surface area contributed by atoms with Crippen molar-refractivity contribution < 1.29 is 14.4 Å². The zero-order chi connectivity index (χ0) is 12.1. The van der Waals surface area contributed by atoms with Gasteiger partial charge in [0.25, 0.3) is 0 Å². The SMILES string of the molecule is CNC1CNC(=O)CC(C(C)=O)NCC1=O. The van der Waals surface area contributed by atoms with E-state index in [2.05, 4.69) is 16.0 Å². The zero-order valence-corrected chi connectivity index (χ0v) is 9.50. The van der Waals surface area contributed by atoms with Gasteiger partial charge in [-0.15, -0.1) is 0 Å². The van der Waals surface area contributed by atoms with E-state index in [1.165, 1.54) is 6.92 Å². The number of amides is 1. The van der Waals surface area contributed by atoms with Gasteiger partial charge in [-0.3, -0.25) is 14.4 Å². The summed E-state index contributed by atoms with van der Waals surface area (Å²) in [5, 5.41) is 8.26. The van der Waals surface area contributed by atoms with Gasteiger partial charge in [-0.2, -0.15) is 0 Å². The number of nitrogens with one attached hydrogen (secondary N) is 3. The summed E-state index contributed by atoms with van der Waals surface area (Å²) in [6.45, 7) is 1.77. The van der Waals surface area contributed by atoms with Crippen LogP contribution in [0.25, 0.3) is 0 Å². The summed E-state index contributed by atoms with van der Waals surface area (Å²) in [6.07, 6.45) is 0.0824. The van der Waals surface area contributed by atoms with E-state index in [-0.39, 0.29) is 37.0 Å².